The Morgan fingerprint density at radius 1 is 1.09 bits per heavy atom. The number of hydrogen-bond donors (Lipinski definition) is 0. The minimum Gasteiger partial charge on any atom is -0.278 e. The number of hydrogen-bond acceptors (Lipinski definition) is 6. The zero-order valence-electron chi connectivity index (χ0n) is 19.0. The molecule has 7 nitrogen and oxygen atoms in total. The summed E-state index contributed by atoms with van der Waals surface area (Å²) in [6.07, 6.45) is 3.41. The van der Waals surface area contributed by atoms with Crippen LogP contribution in [0.1, 0.15) is 34.5 Å². The molecule has 1 fully saturated rings. The van der Waals surface area contributed by atoms with E-state index in [2.05, 4.69) is 4.98 Å². The monoisotopic (exact) mass is 526 g/mol. The van der Waals surface area contributed by atoms with Crippen LogP contribution in [0, 0.1) is 6.92 Å². The second-order valence-corrected chi connectivity index (χ2v) is 11.7. The van der Waals surface area contributed by atoms with E-state index in [1.54, 1.807) is 23.2 Å². The molecule has 0 radical (unpaired) electrons. The molecule has 1 saturated heterocycles. The lowest BCUT2D eigenvalue weighted by Crippen LogP contribution is -2.31. The summed E-state index contributed by atoms with van der Waals surface area (Å²) in [5, 5.41) is 1.14. The molecule has 4 aromatic rings. The third kappa shape index (κ3) is 4.69. The number of aromatic nitrogens is 2. The van der Waals surface area contributed by atoms with Crippen LogP contribution in [0.15, 0.2) is 65.7 Å². The molecule has 1 aliphatic heterocycles. The van der Waals surface area contributed by atoms with Crippen molar-refractivity contribution in [3.63, 3.8) is 0 Å². The zero-order chi connectivity index (χ0) is 24.6. The fraction of sp³-hybridized carbons (Fsp3) is 0.240. The van der Waals surface area contributed by atoms with E-state index >= 15 is 0 Å². The largest absolute Gasteiger partial charge is 0.278 e. The smallest absolute Gasteiger partial charge is 0.260 e. The fourth-order valence-corrected chi connectivity index (χ4v) is 6.78. The van der Waals surface area contributed by atoms with E-state index in [1.165, 1.54) is 27.8 Å². The molecule has 3 heterocycles. The van der Waals surface area contributed by atoms with Crippen molar-refractivity contribution in [3.8, 4) is 0 Å². The topological polar surface area (TPSA) is 83.5 Å². The van der Waals surface area contributed by atoms with Gasteiger partial charge in [0.2, 0.25) is 10.0 Å². The molecule has 5 rings (SSSR count). The van der Waals surface area contributed by atoms with E-state index in [9.17, 15) is 13.2 Å². The van der Waals surface area contributed by atoms with Crippen molar-refractivity contribution in [1.29, 1.82) is 0 Å². The number of carbonyl (C=O) groups is 1. The van der Waals surface area contributed by atoms with Crippen molar-refractivity contribution in [2.24, 2.45) is 0 Å². The number of sulfonamides is 1. The van der Waals surface area contributed by atoms with E-state index in [0.29, 0.717) is 34.5 Å². The van der Waals surface area contributed by atoms with Crippen molar-refractivity contribution in [2.75, 3.05) is 18.0 Å². The van der Waals surface area contributed by atoms with E-state index in [4.69, 9.17) is 16.6 Å². The van der Waals surface area contributed by atoms with Crippen LogP contribution < -0.4 is 4.90 Å². The van der Waals surface area contributed by atoms with Crippen molar-refractivity contribution >= 4 is 54.2 Å². The number of anilines is 1. The van der Waals surface area contributed by atoms with Crippen LogP contribution in [-0.4, -0.2) is 41.7 Å². The van der Waals surface area contributed by atoms with Gasteiger partial charge in [-0.25, -0.2) is 13.4 Å². The molecule has 0 aliphatic carbocycles. The molecule has 0 bridgehead atoms. The summed E-state index contributed by atoms with van der Waals surface area (Å²) in [6.45, 7) is 3.18. The highest BCUT2D eigenvalue weighted by Crippen LogP contribution is 2.35. The number of nitrogens with zero attached hydrogens (tertiary/aromatic N) is 4. The van der Waals surface area contributed by atoms with Gasteiger partial charge in [0, 0.05) is 29.9 Å². The van der Waals surface area contributed by atoms with E-state index in [1.807, 2.05) is 37.3 Å². The number of pyridine rings is 1. The number of carbonyl (C=O) groups excluding carboxylic acids is 1. The van der Waals surface area contributed by atoms with Gasteiger partial charge in [-0.1, -0.05) is 29.0 Å². The minimum atomic E-state index is -3.55. The van der Waals surface area contributed by atoms with Crippen LogP contribution >= 0.6 is 22.9 Å². The number of thiazole rings is 1. The summed E-state index contributed by atoms with van der Waals surface area (Å²) in [7, 11) is -3.55. The van der Waals surface area contributed by atoms with Gasteiger partial charge in [-0.2, -0.15) is 4.31 Å². The van der Waals surface area contributed by atoms with Crippen LogP contribution in [0.3, 0.4) is 0 Å². The molecule has 0 atom stereocenters. The average molecular weight is 527 g/mol. The Hall–Kier alpha value is -2.85. The number of amides is 1. The average Bonchev–Trinajstić information content (AvgIpc) is 3.57. The number of fused-ring (bicyclic) bond motifs is 1. The first-order chi connectivity index (χ1) is 16.8. The van der Waals surface area contributed by atoms with Gasteiger partial charge in [-0.15, -0.1) is 0 Å². The highest BCUT2D eigenvalue weighted by Gasteiger charge is 2.28. The normalized spacial score (nSPS) is 14.5. The zero-order valence-corrected chi connectivity index (χ0v) is 21.4. The Labute approximate surface area is 213 Å². The van der Waals surface area contributed by atoms with Crippen LogP contribution in [0.25, 0.3) is 10.2 Å². The molecule has 2 aromatic carbocycles. The lowest BCUT2D eigenvalue weighted by molar-refractivity contribution is 0.0984. The maximum atomic E-state index is 13.7. The summed E-state index contributed by atoms with van der Waals surface area (Å²) < 4.78 is 28.2. The molecular formula is C25H23ClN4O3S2. The quantitative estimate of drug-likeness (QED) is 0.341. The number of rotatable bonds is 6. The van der Waals surface area contributed by atoms with Gasteiger partial charge in [-0.05, 0) is 73.9 Å². The SMILES string of the molecule is Cc1c(Cl)ccc2sc(N(Cc3ccccn3)C(=O)c3ccc(S(=O)(=O)N4CCCC4)cc3)nc12. The summed E-state index contributed by atoms with van der Waals surface area (Å²) in [4.78, 5) is 24.5. The third-order valence-corrected chi connectivity index (χ3v) is 9.43. The highest BCUT2D eigenvalue weighted by atomic mass is 35.5. The van der Waals surface area contributed by atoms with E-state index in [0.717, 1.165) is 28.6 Å². The maximum absolute atomic E-state index is 13.7. The van der Waals surface area contributed by atoms with Gasteiger partial charge >= 0.3 is 0 Å². The number of halogens is 1. The predicted octanol–water partition coefficient (Wildman–Crippen LogP) is 5.28. The Kier molecular flexibility index (Phi) is 6.59. The molecule has 1 aliphatic rings. The summed E-state index contributed by atoms with van der Waals surface area (Å²) >= 11 is 7.68. The molecule has 0 unspecified atom stereocenters. The molecule has 1 amide bonds. The first-order valence-electron chi connectivity index (χ1n) is 11.2. The van der Waals surface area contributed by atoms with Gasteiger partial charge in [0.1, 0.15) is 0 Å². The Morgan fingerprint density at radius 2 is 1.83 bits per heavy atom. The van der Waals surface area contributed by atoms with Crippen LogP contribution in [0.5, 0.6) is 0 Å². The second kappa shape index (κ2) is 9.66. The first-order valence-corrected chi connectivity index (χ1v) is 13.9. The molecule has 0 N–H and O–H groups in total. The van der Waals surface area contributed by atoms with Crippen LogP contribution in [0.2, 0.25) is 5.02 Å². The molecule has 10 heteroatoms. The summed E-state index contributed by atoms with van der Waals surface area (Å²) in [5.74, 6) is -0.288. The Morgan fingerprint density at radius 3 is 2.51 bits per heavy atom. The predicted molar refractivity (Wildman–Crippen MR) is 139 cm³/mol. The standard InChI is InChI=1S/C25H23ClN4O3S2/c1-17-21(26)11-12-22-23(17)28-25(34-22)30(16-19-6-2-3-13-27-19)24(31)18-7-9-20(10-8-18)35(32,33)29-14-4-5-15-29/h2-3,6-13H,4-5,14-16H2,1H3. The molecule has 35 heavy (non-hydrogen) atoms. The lowest BCUT2D eigenvalue weighted by Gasteiger charge is -2.20. The second-order valence-electron chi connectivity index (χ2n) is 8.36. The molecule has 0 spiro atoms. The lowest BCUT2D eigenvalue weighted by atomic mass is 10.2. The minimum absolute atomic E-state index is 0.192. The van der Waals surface area contributed by atoms with Crippen molar-refractivity contribution in [1.82, 2.24) is 14.3 Å². The Bertz CT molecular complexity index is 1480. The van der Waals surface area contributed by atoms with Gasteiger partial charge in [0.25, 0.3) is 5.91 Å². The van der Waals surface area contributed by atoms with Crippen LogP contribution in [-0.2, 0) is 16.6 Å². The maximum Gasteiger partial charge on any atom is 0.260 e. The van der Waals surface area contributed by atoms with Crippen molar-refractivity contribution in [2.45, 2.75) is 31.2 Å². The summed E-state index contributed by atoms with van der Waals surface area (Å²) in [6, 6.07) is 15.4. The fourth-order valence-electron chi connectivity index (χ4n) is 4.09. The number of aryl methyl sites for hydroxylation is 1. The highest BCUT2D eigenvalue weighted by molar-refractivity contribution is 7.89. The number of benzene rings is 2. The first kappa shape index (κ1) is 23.9. The molecule has 2 aromatic heterocycles. The van der Waals surface area contributed by atoms with Gasteiger partial charge in [-0.3, -0.25) is 14.7 Å². The van der Waals surface area contributed by atoms with Crippen molar-refractivity contribution < 1.29 is 13.2 Å². The van der Waals surface area contributed by atoms with Gasteiger partial charge in [0.05, 0.1) is 27.4 Å². The van der Waals surface area contributed by atoms with Gasteiger partial charge < -0.3 is 0 Å². The van der Waals surface area contributed by atoms with Crippen molar-refractivity contribution in [3.05, 3.63) is 82.6 Å². The molecule has 0 saturated carbocycles. The Balaban J connectivity index is 1.50. The van der Waals surface area contributed by atoms with Crippen LogP contribution in [0.4, 0.5) is 5.13 Å². The molecular weight excluding hydrogens is 504 g/mol. The van der Waals surface area contributed by atoms with Gasteiger partial charge in [0.15, 0.2) is 5.13 Å². The molecule has 180 valence electrons. The third-order valence-electron chi connectivity index (χ3n) is 6.06. The van der Waals surface area contributed by atoms with E-state index < -0.39 is 10.0 Å². The van der Waals surface area contributed by atoms with E-state index in [-0.39, 0.29) is 17.3 Å². The summed E-state index contributed by atoms with van der Waals surface area (Å²) in [5.41, 5.74) is 2.69.